The normalized spacial score (nSPS) is 8.81. The Morgan fingerprint density at radius 2 is 1.48 bits per heavy atom. The highest BCUT2D eigenvalue weighted by atomic mass is 16.5. The first-order chi connectivity index (χ1) is 10.3. The van der Waals surface area contributed by atoms with Gasteiger partial charge in [-0.1, -0.05) is 30.0 Å². The molecule has 0 heterocycles. The second kappa shape index (κ2) is 7.58. The molecule has 0 aromatic heterocycles. The summed E-state index contributed by atoms with van der Waals surface area (Å²) < 4.78 is 5.34. The van der Waals surface area contributed by atoms with E-state index in [9.17, 15) is 4.79 Å². The largest absolute Gasteiger partial charge is 0.494 e. The van der Waals surface area contributed by atoms with E-state index in [2.05, 4.69) is 23.7 Å². The van der Waals surface area contributed by atoms with E-state index in [-0.39, 0.29) is 0 Å². The quantitative estimate of drug-likeness (QED) is 0.787. The van der Waals surface area contributed by atoms with Crippen LogP contribution in [0.1, 0.15) is 18.1 Å². The monoisotopic (exact) mass is 274 g/mol. The molecular formula is C19H14O2. The van der Waals surface area contributed by atoms with Crippen LogP contribution in [0.4, 0.5) is 0 Å². The Bertz CT molecular complexity index is 720. The molecule has 0 aliphatic carbocycles. The van der Waals surface area contributed by atoms with E-state index in [1.165, 1.54) is 0 Å². The van der Waals surface area contributed by atoms with Crippen LogP contribution in [0.5, 0.6) is 5.75 Å². The highest BCUT2D eigenvalue weighted by Gasteiger charge is 1.92. The Morgan fingerprint density at radius 1 is 0.905 bits per heavy atom. The van der Waals surface area contributed by atoms with E-state index in [1.54, 1.807) is 0 Å². The summed E-state index contributed by atoms with van der Waals surface area (Å²) in [5.41, 5.74) is 1.56. The molecule has 0 N–H and O–H groups in total. The maximum atomic E-state index is 11.6. The van der Waals surface area contributed by atoms with E-state index >= 15 is 0 Å². The third kappa shape index (κ3) is 4.90. The molecule has 0 unspecified atom stereocenters. The van der Waals surface area contributed by atoms with Crippen molar-refractivity contribution >= 4 is 5.78 Å². The van der Waals surface area contributed by atoms with Gasteiger partial charge in [0.05, 0.1) is 6.61 Å². The Balaban J connectivity index is 2.02. The Morgan fingerprint density at radius 3 is 2.05 bits per heavy atom. The van der Waals surface area contributed by atoms with Gasteiger partial charge in [0.1, 0.15) is 5.75 Å². The Hall–Kier alpha value is -2.97. The zero-order valence-electron chi connectivity index (χ0n) is 11.7. The molecule has 2 heteroatoms. The van der Waals surface area contributed by atoms with E-state index < -0.39 is 5.78 Å². The molecule has 102 valence electrons. The standard InChI is InChI=1S/C19H14O2/c1-2-21-19-14-10-17(11-15-19)9-13-18(20)12-8-16-6-4-3-5-7-16/h3-7,10-11,14-15H,2H2,1H3. The highest BCUT2D eigenvalue weighted by molar-refractivity contribution is 6.09. The van der Waals surface area contributed by atoms with E-state index in [1.807, 2.05) is 61.5 Å². The van der Waals surface area contributed by atoms with Crippen molar-refractivity contribution in [3.63, 3.8) is 0 Å². The minimum atomic E-state index is -0.396. The zero-order chi connectivity index (χ0) is 14.9. The van der Waals surface area contributed by atoms with Crippen molar-refractivity contribution in [3.8, 4) is 29.4 Å². The molecule has 0 aliphatic heterocycles. The van der Waals surface area contributed by atoms with Crippen LogP contribution in [0, 0.1) is 23.7 Å². The molecule has 21 heavy (non-hydrogen) atoms. The molecule has 0 bridgehead atoms. The molecule has 0 fully saturated rings. The molecule has 0 aliphatic rings. The summed E-state index contributed by atoms with van der Waals surface area (Å²) in [6.07, 6.45) is 0. The van der Waals surface area contributed by atoms with Crippen LogP contribution in [0.25, 0.3) is 0 Å². The Kier molecular flexibility index (Phi) is 5.21. The van der Waals surface area contributed by atoms with Gasteiger partial charge in [-0.3, -0.25) is 4.79 Å². The van der Waals surface area contributed by atoms with Crippen LogP contribution in [0.2, 0.25) is 0 Å². The molecule has 2 rings (SSSR count). The summed E-state index contributed by atoms with van der Waals surface area (Å²) in [4.78, 5) is 11.6. The van der Waals surface area contributed by atoms with Gasteiger partial charge in [0.15, 0.2) is 0 Å². The average molecular weight is 274 g/mol. The van der Waals surface area contributed by atoms with Gasteiger partial charge in [-0.05, 0) is 55.2 Å². The molecule has 0 radical (unpaired) electrons. The van der Waals surface area contributed by atoms with Gasteiger partial charge in [0.25, 0.3) is 5.78 Å². The lowest BCUT2D eigenvalue weighted by Crippen LogP contribution is -1.91. The van der Waals surface area contributed by atoms with Crippen LogP contribution in [0.15, 0.2) is 54.6 Å². The van der Waals surface area contributed by atoms with Crippen molar-refractivity contribution in [3.05, 3.63) is 65.7 Å². The molecule has 2 nitrogen and oxygen atoms in total. The van der Waals surface area contributed by atoms with Crippen molar-refractivity contribution in [1.29, 1.82) is 0 Å². The van der Waals surface area contributed by atoms with Gasteiger partial charge in [-0.15, -0.1) is 0 Å². The predicted molar refractivity (Wildman–Crippen MR) is 82.8 cm³/mol. The van der Waals surface area contributed by atoms with Gasteiger partial charge in [-0.2, -0.15) is 0 Å². The zero-order valence-corrected chi connectivity index (χ0v) is 11.7. The number of ketones is 1. The fraction of sp³-hybridized carbons (Fsp3) is 0.105. The first kappa shape index (κ1) is 14.4. The van der Waals surface area contributed by atoms with Crippen LogP contribution in [0.3, 0.4) is 0 Å². The molecular weight excluding hydrogens is 260 g/mol. The summed E-state index contributed by atoms with van der Waals surface area (Å²) in [7, 11) is 0. The van der Waals surface area contributed by atoms with Crippen LogP contribution < -0.4 is 4.74 Å². The molecule has 0 saturated heterocycles. The van der Waals surface area contributed by atoms with Crippen LogP contribution in [-0.4, -0.2) is 12.4 Å². The third-order valence-corrected chi connectivity index (χ3v) is 2.58. The second-order valence-corrected chi connectivity index (χ2v) is 4.15. The number of ether oxygens (including phenoxy) is 1. The minimum absolute atomic E-state index is 0.396. The molecule has 2 aromatic rings. The van der Waals surface area contributed by atoms with E-state index in [0.717, 1.165) is 16.9 Å². The molecule has 2 aromatic carbocycles. The Labute approximate surface area is 124 Å². The number of hydrogen-bond donors (Lipinski definition) is 0. The molecule has 0 spiro atoms. The molecule has 0 saturated carbocycles. The topological polar surface area (TPSA) is 26.3 Å². The predicted octanol–water partition coefficient (Wildman–Crippen LogP) is 3.06. The van der Waals surface area contributed by atoms with Crippen LogP contribution >= 0.6 is 0 Å². The van der Waals surface area contributed by atoms with Gasteiger partial charge < -0.3 is 4.74 Å². The lowest BCUT2D eigenvalue weighted by Gasteiger charge is -2.01. The van der Waals surface area contributed by atoms with Gasteiger partial charge in [-0.25, -0.2) is 0 Å². The minimum Gasteiger partial charge on any atom is -0.494 e. The van der Waals surface area contributed by atoms with Gasteiger partial charge in [0, 0.05) is 11.1 Å². The number of benzene rings is 2. The van der Waals surface area contributed by atoms with Crippen molar-refractivity contribution in [1.82, 2.24) is 0 Å². The lowest BCUT2D eigenvalue weighted by molar-refractivity contribution is -0.108. The smallest absolute Gasteiger partial charge is 0.279 e. The maximum absolute atomic E-state index is 11.6. The fourth-order valence-corrected chi connectivity index (χ4v) is 1.61. The summed E-state index contributed by atoms with van der Waals surface area (Å²) in [5.74, 6) is 11.0. The highest BCUT2D eigenvalue weighted by Crippen LogP contribution is 2.10. The summed E-state index contributed by atoms with van der Waals surface area (Å²) in [6, 6.07) is 16.6. The molecule has 0 amide bonds. The van der Waals surface area contributed by atoms with E-state index in [4.69, 9.17) is 4.74 Å². The molecule has 0 atom stereocenters. The lowest BCUT2D eigenvalue weighted by atomic mass is 10.2. The van der Waals surface area contributed by atoms with Gasteiger partial charge >= 0.3 is 0 Å². The van der Waals surface area contributed by atoms with Crippen LogP contribution in [-0.2, 0) is 4.79 Å². The average Bonchev–Trinajstić information content (AvgIpc) is 2.53. The van der Waals surface area contributed by atoms with Crippen molar-refractivity contribution in [2.24, 2.45) is 0 Å². The van der Waals surface area contributed by atoms with Crippen molar-refractivity contribution in [2.75, 3.05) is 6.61 Å². The SMILES string of the molecule is CCOc1ccc(C#CC(=O)C#Cc2ccccc2)cc1. The van der Waals surface area contributed by atoms with Crippen molar-refractivity contribution < 1.29 is 9.53 Å². The number of hydrogen-bond acceptors (Lipinski definition) is 2. The van der Waals surface area contributed by atoms with Crippen molar-refractivity contribution in [2.45, 2.75) is 6.92 Å². The fourth-order valence-electron chi connectivity index (χ4n) is 1.61. The second-order valence-electron chi connectivity index (χ2n) is 4.15. The summed E-state index contributed by atoms with van der Waals surface area (Å²) in [5, 5.41) is 0. The summed E-state index contributed by atoms with van der Waals surface area (Å²) in [6.45, 7) is 2.55. The number of carbonyl (C=O) groups excluding carboxylic acids is 1. The number of rotatable bonds is 2. The number of Topliss-reactive ketones (excluding diaryl/α,β-unsaturated/α-hetero) is 1. The third-order valence-electron chi connectivity index (χ3n) is 2.58. The first-order valence-electron chi connectivity index (χ1n) is 6.64. The van der Waals surface area contributed by atoms with Gasteiger partial charge in [0.2, 0.25) is 0 Å². The maximum Gasteiger partial charge on any atom is 0.279 e. The summed E-state index contributed by atoms with van der Waals surface area (Å²) >= 11 is 0. The van der Waals surface area contributed by atoms with E-state index in [0.29, 0.717) is 6.61 Å². The first-order valence-corrected chi connectivity index (χ1v) is 6.64. The number of carbonyl (C=O) groups is 1.